The summed E-state index contributed by atoms with van der Waals surface area (Å²) in [4.78, 5) is 46.2. The first kappa shape index (κ1) is 34.8. The lowest BCUT2D eigenvalue weighted by Crippen LogP contribution is -2.40. The fourth-order valence-corrected chi connectivity index (χ4v) is 5.84. The molecule has 0 N–H and O–H groups in total. The van der Waals surface area contributed by atoms with E-state index < -0.39 is 5.56 Å². The highest BCUT2D eigenvalue weighted by molar-refractivity contribution is 7.98. The zero-order chi connectivity index (χ0) is 33.1. The topological polar surface area (TPSA) is 97.6 Å². The third kappa shape index (κ3) is 9.48. The Morgan fingerprint density at radius 1 is 1.00 bits per heavy atom. The molecule has 0 bridgehead atoms. The first-order valence-electron chi connectivity index (χ1n) is 15.1. The molecule has 0 aliphatic rings. The summed E-state index contributed by atoms with van der Waals surface area (Å²) in [6.45, 7) is 9.22. The lowest BCUT2D eigenvalue weighted by atomic mass is 10.0. The number of aryl methyl sites for hydroxylation is 1. The SMILES string of the molecule is CCc1nn(CC(=O)N(CCN(CC)CC)Cc2ccc(-c3ccc(Cl)cc3)c(OC=O)c2)c(SCc2ccc(F)cc2)nc1=O. The number of hydrogen-bond donors (Lipinski definition) is 0. The van der Waals surface area contributed by atoms with Gasteiger partial charge in [0.15, 0.2) is 5.16 Å². The second-order valence-electron chi connectivity index (χ2n) is 10.5. The average molecular weight is 666 g/mol. The molecule has 3 aromatic carbocycles. The largest absolute Gasteiger partial charge is 0.428 e. The number of carbonyl (C=O) groups excluding carboxylic acids is 2. The number of ether oxygens (including phenoxy) is 1. The van der Waals surface area contributed by atoms with Crippen molar-refractivity contribution >= 4 is 35.7 Å². The monoisotopic (exact) mass is 665 g/mol. The highest BCUT2D eigenvalue weighted by Gasteiger charge is 2.20. The number of thioether (sulfide) groups is 1. The molecular weight excluding hydrogens is 629 g/mol. The highest BCUT2D eigenvalue weighted by Crippen LogP contribution is 2.32. The Bertz CT molecular complexity index is 1680. The Morgan fingerprint density at radius 2 is 1.70 bits per heavy atom. The Kier molecular flexibility index (Phi) is 12.9. The predicted molar refractivity (Wildman–Crippen MR) is 178 cm³/mol. The number of amides is 1. The zero-order valence-corrected chi connectivity index (χ0v) is 27.7. The number of likely N-dealkylation sites (N-methyl/N-ethyl adjacent to an activating group) is 1. The van der Waals surface area contributed by atoms with Crippen molar-refractivity contribution in [1.82, 2.24) is 24.6 Å². The maximum atomic E-state index is 14.0. The van der Waals surface area contributed by atoms with Crippen molar-refractivity contribution in [3.05, 3.63) is 105 Å². The van der Waals surface area contributed by atoms with Crippen LogP contribution >= 0.6 is 23.4 Å². The lowest BCUT2D eigenvalue weighted by Gasteiger charge is -2.27. The number of carbonyl (C=O) groups is 2. The van der Waals surface area contributed by atoms with Crippen LogP contribution in [0.25, 0.3) is 11.1 Å². The Hall–Kier alpha value is -4.06. The number of nitrogens with zero attached hydrogens (tertiary/aromatic N) is 5. The molecule has 0 atom stereocenters. The molecule has 0 unspecified atom stereocenters. The average Bonchev–Trinajstić information content (AvgIpc) is 3.06. The van der Waals surface area contributed by atoms with Crippen LogP contribution in [0.15, 0.2) is 76.7 Å². The Morgan fingerprint density at radius 3 is 2.35 bits per heavy atom. The number of halogens is 2. The lowest BCUT2D eigenvalue weighted by molar-refractivity contribution is -0.133. The van der Waals surface area contributed by atoms with E-state index in [1.807, 2.05) is 31.2 Å². The van der Waals surface area contributed by atoms with E-state index >= 15 is 0 Å². The molecule has 1 heterocycles. The standard InChI is InChI=1S/C34H37ClFN5O4S/c1-4-30-33(44)37-34(46-22-24-7-14-28(36)15-8-24)41(38-30)21-32(43)40(18-17-39(5-2)6-3)20-25-9-16-29(31(19-25)45-23-42)26-10-12-27(35)13-11-26/h7-16,19,23H,4-6,17-18,20-22H2,1-3H3. The van der Waals surface area contributed by atoms with Crippen LogP contribution in [0.4, 0.5) is 4.39 Å². The van der Waals surface area contributed by atoms with Gasteiger partial charge in [0.1, 0.15) is 23.8 Å². The maximum absolute atomic E-state index is 14.0. The van der Waals surface area contributed by atoms with Crippen molar-refractivity contribution in [2.24, 2.45) is 0 Å². The van der Waals surface area contributed by atoms with E-state index in [9.17, 15) is 18.8 Å². The van der Waals surface area contributed by atoms with Crippen LogP contribution in [-0.2, 0) is 34.9 Å². The van der Waals surface area contributed by atoms with E-state index in [1.165, 1.54) is 28.6 Å². The minimum absolute atomic E-state index is 0.134. The minimum Gasteiger partial charge on any atom is -0.428 e. The van der Waals surface area contributed by atoms with Crippen molar-refractivity contribution in [3.8, 4) is 16.9 Å². The van der Waals surface area contributed by atoms with Gasteiger partial charge in [-0.25, -0.2) is 9.07 Å². The minimum atomic E-state index is -0.435. The molecule has 0 fully saturated rings. The molecule has 0 aliphatic carbocycles. The van der Waals surface area contributed by atoms with Gasteiger partial charge in [0.05, 0.1) is 0 Å². The molecule has 4 aromatic rings. The number of benzene rings is 3. The maximum Gasteiger partial charge on any atom is 0.298 e. The summed E-state index contributed by atoms with van der Waals surface area (Å²) in [5.74, 6) is 0.233. The van der Waals surface area contributed by atoms with Gasteiger partial charge in [-0.15, -0.1) is 0 Å². The van der Waals surface area contributed by atoms with Crippen molar-refractivity contribution in [3.63, 3.8) is 0 Å². The van der Waals surface area contributed by atoms with E-state index in [0.29, 0.717) is 53.2 Å². The molecule has 12 heteroatoms. The fraction of sp³-hybridized carbons (Fsp3) is 0.324. The predicted octanol–water partition coefficient (Wildman–Crippen LogP) is 5.86. The first-order valence-corrected chi connectivity index (χ1v) is 16.4. The van der Waals surface area contributed by atoms with Gasteiger partial charge in [-0.2, -0.15) is 10.1 Å². The molecule has 0 spiro atoms. The zero-order valence-electron chi connectivity index (χ0n) is 26.1. The summed E-state index contributed by atoms with van der Waals surface area (Å²) in [5.41, 5.74) is 2.99. The van der Waals surface area contributed by atoms with Gasteiger partial charge in [-0.05, 0) is 66.5 Å². The van der Waals surface area contributed by atoms with Crippen LogP contribution in [0.2, 0.25) is 5.02 Å². The molecule has 46 heavy (non-hydrogen) atoms. The van der Waals surface area contributed by atoms with Crippen LogP contribution in [0.5, 0.6) is 5.75 Å². The summed E-state index contributed by atoms with van der Waals surface area (Å²) in [7, 11) is 0. The van der Waals surface area contributed by atoms with Crippen molar-refractivity contribution in [2.45, 2.75) is 51.2 Å². The van der Waals surface area contributed by atoms with Crippen molar-refractivity contribution in [2.75, 3.05) is 26.2 Å². The van der Waals surface area contributed by atoms with Crippen LogP contribution in [0.3, 0.4) is 0 Å². The van der Waals surface area contributed by atoms with Crippen molar-refractivity contribution in [1.29, 1.82) is 0 Å². The quantitative estimate of drug-likeness (QED) is 0.109. The van der Waals surface area contributed by atoms with E-state index in [4.69, 9.17) is 16.3 Å². The van der Waals surface area contributed by atoms with Crippen molar-refractivity contribution < 1.29 is 18.7 Å². The highest BCUT2D eigenvalue weighted by atomic mass is 35.5. The third-order valence-corrected chi connectivity index (χ3v) is 8.78. The molecule has 4 rings (SSSR count). The summed E-state index contributed by atoms with van der Waals surface area (Å²) in [6.07, 6.45) is 0.369. The van der Waals surface area contributed by atoms with Gasteiger partial charge >= 0.3 is 0 Å². The van der Waals surface area contributed by atoms with Gasteiger partial charge in [0, 0.05) is 36.0 Å². The summed E-state index contributed by atoms with van der Waals surface area (Å²) in [6, 6.07) is 18.8. The van der Waals surface area contributed by atoms with E-state index in [1.54, 1.807) is 35.2 Å². The van der Waals surface area contributed by atoms with Gasteiger partial charge in [0.2, 0.25) is 5.91 Å². The van der Waals surface area contributed by atoms with E-state index in [-0.39, 0.29) is 30.5 Å². The molecule has 0 saturated carbocycles. The van der Waals surface area contributed by atoms with Crippen LogP contribution in [0.1, 0.15) is 37.6 Å². The van der Waals surface area contributed by atoms with Crippen LogP contribution in [-0.4, -0.2) is 63.1 Å². The summed E-state index contributed by atoms with van der Waals surface area (Å²) < 4.78 is 20.2. The van der Waals surface area contributed by atoms with Crippen LogP contribution in [0, 0.1) is 5.82 Å². The molecule has 0 saturated heterocycles. The number of aromatic nitrogens is 3. The third-order valence-electron chi connectivity index (χ3n) is 7.49. The number of hydrogen-bond acceptors (Lipinski definition) is 8. The smallest absolute Gasteiger partial charge is 0.298 e. The Balaban J connectivity index is 1.62. The van der Waals surface area contributed by atoms with Gasteiger partial charge in [-0.1, -0.05) is 80.5 Å². The molecule has 0 radical (unpaired) electrons. The van der Waals surface area contributed by atoms with Gasteiger partial charge in [0.25, 0.3) is 12.0 Å². The second kappa shape index (κ2) is 17.0. The first-order chi connectivity index (χ1) is 22.2. The summed E-state index contributed by atoms with van der Waals surface area (Å²) >= 11 is 7.32. The molecule has 0 aliphatic heterocycles. The number of rotatable bonds is 16. The molecule has 9 nitrogen and oxygen atoms in total. The van der Waals surface area contributed by atoms with E-state index in [0.717, 1.165) is 29.8 Å². The van der Waals surface area contributed by atoms with Gasteiger partial charge < -0.3 is 14.5 Å². The molecule has 1 amide bonds. The molecule has 242 valence electrons. The van der Waals surface area contributed by atoms with E-state index in [2.05, 4.69) is 28.8 Å². The molecular formula is C34H37ClFN5O4S. The normalized spacial score (nSPS) is 11.1. The van der Waals surface area contributed by atoms with Gasteiger partial charge in [-0.3, -0.25) is 14.4 Å². The summed E-state index contributed by atoms with van der Waals surface area (Å²) in [5, 5.41) is 5.40. The fourth-order valence-electron chi connectivity index (χ4n) is 4.83. The molecule has 1 aromatic heterocycles. The second-order valence-corrected chi connectivity index (χ2v) is 11.8. The van der Waals surface area contributed by atoms with Crippen LogP contribution < -0.4 is 10.3 Å². The Labute approximate surface area is 277 Å².